The first-order chi connectivity index (χ1) is 20.1. The molecule has 0 saturated carbocycles. The number of nitrogens with one attached hydrogen (secondary N) is 1. The highest BCUT2D eigenvalue weighted by Gasteiger charge is 2.25. The number of rotatable bonds is 8. The summed E-state index contributed by atoms with van der Waals surface area (Å²) in [6.45, 7) is 9.73. The molecule has 1 amide bonds. The molecular weight excluding hydrogens is 518 g/mol. The van der Waals surface area contributed by atoms with Crippen LogP contribution >= 0.6 is 0 Å². The summed E-state index contributed by atoms with van der Waals surface area (Å²) in [7, 11) is 0. The minimum absolute atomic E-state index is 0.0674. The van der Waals surface area contributed by atoms with Crippen LogP contribution in [0.25, 0.3) is 10.8 Å². The second-order valence-corrected chi connectivity index (χ2v) is 11.0. The average Bonchev–Trinajstić information content (AvgIpc) is 3.73. The number of fused-ring (bicyclic) bond motifs is 1. The summed E-state index contributed by atoms with van der Waals surface area (Å²) in [6.07, 6.45) is 4.81. The Balaban J connectivity index is 1.10. The number of carbonyl (C=O) groups is 2. The van der Waals surface area contributed by atoms with Gasteiger partial charge in [0, 0.05) is 69.5 Å². The molecule has 41 heavy (non-hydrogen) atoms. The van der Waals surface area contributed by atoms with Crippen LogP contribution in [-0.2, 0) is 9.53 Å². The largest absolute Gasteiger partial charge is 0.462 e. The second-order valence-electron chi connectivity index (χ2n) is 11.0. The van der Waals surface area contributed by atoms with Gasteiger partial charge < -0.3 is 24.8 Å². The molecule has 4 heterocycles. The summed E-state index contributed by atoms with van der Waals surface area (Å²) in [5.74, 6) is 2.45. The van der Waals surface area contributed by atoms with Gasteiger partial charge >= 0.3 is 5.97 Å². The molecule has 0 unspecified atom stereocenters. The van der Waals surface area contributed by atoms with E-state index in [0.29, 0.717) is 24.4 Å². The van der Waals surface area contributed by atoms with Gasteiger partial charge in [0.1, 0.15) is 11.6 Å². The normalized spacial score (nSPS) is 17.8. The maximum absolute atomic E-state index is 13.1. The Morgan fingerprint density at radius 2 is 1.46 bits per heavy atom. The molecule has 10 nitrogen and oxygen atoms in total. The number of aromatic nitrogens is 2. The molecule has 0 spiro atoms. The van der Waals surface area contributed by atoms with E-state index >= 15 is 0 Å². The number of piperazine rings is 1. The maximum atomic E-state index is 13.1. The third-order valence-corrected chi connectivity index (χ3v) is 8.24. The minimum Gasteiger partial charge on any atom is -0.462 e. The van der Waals surface area contributed by atoms with E-state index in [4.69, 9.17) is 14.7 Å². The SMILES string of the molecule is CCOC(=O)c1ccc2cccc(NC(=O)CN3CCN(c4cc(N5CCCC5)nc(N5CCCC5)n4)CC3)c2c1. The Bertz CT molecular complexity index is 1360. The van der Waals surface area contributed by atoms with Crippen LogP contribution in [0.1, 0.15) is 43.0 Å². The van der Waals surface area contributed by atoms with Crippen molar-refractivity contribution >= 4 is 45.9 Å². The van der Waals surface area contributed by atoms with Gasteiger partial charge in [0.25, 0.3) is 0 Å². The zero-order chi connectivity index (χ0) is 28.2. The van der Waals surface area contributed by atoms with Crippen LogP contribution < -0.4 is 20.0 Å². The highest BCUT2D eigenvalue weighted by molar-refractivity contribution is 6.05. The van der Waals surface area contributed by atoms with Crippen LogP contribution in [0.4, 0.5) is 23.3 Å². The highest BCUT2D eigenvalue weighted by atomic mass is 16.5. The lowest BCUT2D eigenvalue weighted by Gasteiger charge is -2.35. The summed E-state index contributed by atoms with van der Waals surface area (Å²) in [5.41, 5.74) is 1.17. The molecule has 2 aromatic carbocycles. The Morgan fingerprint density at radius 3 is 2.15 bits per heavy atom. The molecule has 3 aromatic rings. The van der Waals surface area contributed by atoms with E-state index in [0.717, 1.165) is 80.7 Å². The van der Waals surface area contributed by atoms with Crippen molar-refractivity contribution in [2.75, 3.05) is 85.5 Å². The molecule has 3 aliphatic rings. The predicted molar refractivity (Wildman–Crippen MR) is 162 cm³/mol. The van der Waals surface area contributed by atoms with E-state index in [1.54, 1.807) is 19.1 Å². The zero-order valence-electron chi connectivity index (χ0n) is 23.8. The van der Waals surface area contributed by atoms with Crippen molar-refractivity contribution in [1.82, 2.24) is 14.9 Å². The van der Waals surface area contributed by atoms with Gasteiger partial charge in [-0.3, -0.25) is 9.69 Å². The van der Waals surface area contributed by atoms with Crippen LogP contribution in [0, 0.1) is 0 Å². The lowest BCUT2D eigenvalue weighted by Crippen LogP contribution is -2.49. The van der Waals surface area contributed by atoms with E-state index in [9.17, 15) is 9.59 Å². The summed E-state index contributed by atoms with van der Waals surface area (Å²) >= 11 is 0. The Labute approximate surface area is 241 Å². The number of nitrogens with zero attached hydrogens (tertiary/aromatic N) is 6. The molecule has 10 heteroatoms. The van der Waals surface area contributed by atoms with Crippen LogP contribution in [-0.4, -0.2) is 92.3 Å². The molecule has 216 valence electrons. The highest BCUT2D eigenvalue weighted by Crippen LogP contribution is 2.28. The van der Waals surface area contributed by atoms with Crippen molar-refractivity contribution in [2.45, 2.75) is 32.6 Å². The molecule has 0 bridgehead atoms. The first kappa shape index (κ1) is 27.3. The van der Waals surface area contributed by atoms with Crippen LogP contribution in [0.5, 0.6) is 0 Å². The van der Waals surface area contributed by atoms with Crippen molar-refractivity contribution in [3.8, 4) is 0 Å². The number of anilines is 4. The third kappa shape index (κ3) is 6.22. The number of hydrogen-bond acceptors (Lipinski definition) is 9. The van der Waals surface area contributed by atoms with Gasteiger partial charge in [0.15, 0.2) is 0 Å². The van der Waals surface area contributed by atoms with Gasteiger partial charge in [0.2, 0.25) is 11.9 Å². The summed E-state index contributed by atoms with van der Waals surface area (Å²) in [6, 6.07) is 13.3. The van der Waals surface area contributed by atoms with Gasteiger partial charge in [0.05, 0.1) is 18.7 Å². The van der Waals surface area contributed by atoms with Crippen LogP contribution in [0.15, 0.2) is 42.5 Å². The smallest absolute Gasteiger partial charge is 0.338 e. The number of ether oxygens (including phenoxy) is 1. The lowest BCUT2D eigenvalue weighted by molar-refractivity contribution is -0.117. The monoisotopic (exact) mass is 557 g/mol. The molecule has 6 rings (SSSR count). The molecule has 3 fully saturated rings. The average molecular weight is 558 g/mol. The fourth-order valence-electron chi connectivity index (χ4n) is 5.99. The van der Waals surface area contributed by atoms with Gasteiger partial charge in [-0.2, -0.15) is 9.97 Å². The van der Waals surface area contributed by atoms with Crippen molar-refractivity contribution in [1.29, 1.82) is 0 Å². The van der Waals surface area contributed by atoms with E-state index in [-0.39, 0.29) is 11.9 Å². The molecule has 0 atom stereocenters. The van der Waals surface area contributed by atoms with Crippen molar-refractivity contribution in [2.24, 2.45) is 0 Å². The Morgan fingerprint density at radius 1 is 0.805 bits per heavy atom. The standard InChI is InChI=1S/C31H39N7O3/c1-2-41-30(40)24-11-10-23-8-7-9-26(25(23)20-24)32-29(39)22-35-16-18-37(19-17-35)28-21-27(36-12-3-4-13-36)33-31(34-28)38-14-5-6-15-38/h7-11,20-21H,2-6,12-19,22H2,1H3,(H,32,39). The number of esters is 1. The summed E-state index contributed by atoms with van der Waals surface area (Å²) in [4.78, 5) is 44.5. The lowest BCUT2D eigenvalue weighted by atomic mass is 10.1. The molecule has 0 aliphatic carbocycles. The fourth-order valence-corrected chi connectivity index (χ4v) is 5.99. The fraction of sp³-hybridized carbons (Fsp3) is 0.484. The molecule has 0 radical (unpaired) electrons. The topological polar surface area (TPSA) is 94.1 Å². The summed E-state index contributed by atoms with van der Waals surface area (Å²) < 4.78 is 5.15. The Kier molecular flexibility index (Phi) is 8.18. The number of amides is 1. The van der Waals surface area contributed by atoms with Crippen molar-refractivity contribution in [3.63, 3.8) is 0 Å². The first-order valence-electron chi connectivity index (χ1n) is 14.9. The third-order valence-electron chi connectivity index (χ3n) is 8.24. The van der Waals surface area contributed by atoms with Gasteiger partial charge in [-0.1, -0.05) is 18.2 Å². The van der Waals surface area contributed by atoms with Gasteiger partial charge in [-0.05, 0) is 56.2 Å². The minimum atomic E-state index is -0.364. The van der Waals surface area contributed by atoms with E-state index < -0.39 is 0 Å². The predicted octanol–water partition coefficient (Wildman–Crippen LogP) is 3.77. The second kappa shape index (κ2) is 12.3. The first-order valence-corrected chi connectivity index (χ1v) is 14.9. The zero-order valence-corrected chi connectivity index (χ0v) is 23.8. The molecule has 1 N–H and O–H groups in total. The van der Waals surface area contributed by atoms with Crippen molar-refractivity contribution in [3.05, 3.63) is 48.0 Å². The quantitative estimate of drug-likeness (QED) is 0.416. The van der Waals surface area contributed by atoms with Gasteiger partial charge in [-0.25, -0.2) is 4.79 Å². The van der Waals surface area contributed by atoms with Crippen LogP contribution in [0.3, 0.4) is 0 Å². The molecular formula is C31H39N7O3. The molecule has 3 saturated heterocycles. The number of hydrogen-bond donors (Lipinski definition) is 1. The van der Waals surface area contributed by atoms with Gasteiger partial charge in [-0.15, -0.1) is 0 Å². The van der Waals surface area contributed by atoms with Crippen LogP contribution in [0.2, 0.25) is 0 Å². The van der Waals surface area contributed by atoms with E-state index in [1.807, 2.05) is 24.3 Å². The van der Waals surface area contributed by atoms with Crippen molar-refractivity contribution < 1.29 is 14.3 Å². The number of benzene rings is 2. The summed E-state index contributed by atoms with van der Waals surface area (Å²) in [5, 5.41) is 4.85. The maximum Gasteiger partial charge on any atom is 0.338 e. The molecule has 3 aliphatic heterocycles. The van der Waals surface area contributed by atoms with E-state index in [2.05, 4.69) is 31.0 Å². The number of carbonyl (C=O) groups excluding carboxylic acids is 2. The molecule has 1 aromatic heterocycles. The Hall–Kier alpha value is -3.92. The van der Waals surface area contributed by atoms with E-state index in [1.165, 1.54) is 25.7 Å².